The molecule has 0 bridgehead atoms. The second-order valence-corrected chi connectivity index (χ2v) is 5.02. The molecule has 0 aromatic heterocycles. The van der Waals surface area contributed by atoms with Crippen molar-refractivity contribution in [2.75, 3.05) is 20.3 Å². The van der Waals surface area contributed by atoms with Crippen LogP contribution >= 0.6 is 11.6 Å². The predicted octanol–water partition coefficient (Wildman–Crippen LogP) is 2.97. The Balaban J connectivity index is 1.98. The number of nitrogens with zero attached hydrogens (tertiary/aromatic N) is 1. The van der Waals surface area contributed by atoms with Crippen molar-refractivity contribution < 1.29 is 14.3 Å². The molecule has 1 aromatic carbocycles. The van der Waals surface area contributed by atoms with Crippen LogP contribution in [0.5, 0.6) is 0 Å². The van der Waals surface area contributed by atoms with Crippen LogP contribution in [0.3, 0.4) is 0 Å². The quantitative estimate of drug-likeness (QED) is 0.757. The van der Waals surface area contributed by atoms with Crippen molar-refractivity contribution >= 4 is 17.5 Å². The van der Waals surface area contributed by atoms with Crippen LogP contribution < -0.4 is 0 Å². The van der Waals surface area contributed by atoms with Gasteiger partial charge in [-0.25, -0.2) is 0 Å². The maximum absolute atomic E-state index is 11.9. The Hall–Kier alpha value is -1.52. The second-order valence-electron chi connectivity index (χ2n) is 4.58. The number of methoxy groups -OCH3 is 1. The molecule has 0 saturated heterocycles. The highest BCUT2D eigenvalue weighted by Crippen LogP contribution is 2.20. The minimum Gasteiger partial charge on any atom is -0.494 e. The average molecular weight is 296 g/mol. The first-order valence-corrected chi connectivity index (χ1v) is 6.93. The molecule has 1 aliphatic rings. The summed E-state index contributed by atoms with van der Waals surface area (Å²) in [5, 5.41) is 0.692. The van der Waals surface area contributed by atoms with E-state index in [1.165, 1.54) is 0 Å². The van der Waals surface area contributed by atoms with E-state index >= 15 is 0 Å². The average Bonchev–Trinajstić information content (AvgIpc) is 2.45. The van der Waals surface area contributed by atoms with E-state index in [9.17, 15) is 4.79 Å². The number of halogens is 1. The Morgan fingerprint density at radius 3 is 2.65 bits per heavy atom. The third kappa shape index (κ3) is 4.25. The summed E-state index contributed by atoms with van der Waals surface area (Å²) >= 11 is 5.85. The van der Waals surface area contributed by atoms with Crippen molar-refractivity contribution in [3.05, 3.63) is 46.8 Å². The van der Waals surface area contributed by atoms with Crippen molar-refractivity contribution in [1.29, 1.82) is 0 Å². The molecule has 0 unspecified atom stereocenters. The number of hydrogen-bond acceptors (Lipinski definition) is 3. The molecular formula is C15H18ClNO3. The first-order valence-electron chi connectivity index (χ1n) is 6.55. The molecule has 0 aliphatic carbocycles. The lowest BCUT2D eigenvalue weighted by molar-refractivity contribution is -0.130. The lowest BCUT2D eigenvalue weighted by atomic mass is 10.1. The first-order chi connectivity index (χ1) is 9.69. The van der Waals surface area contributed by atoms with Gasteiger partial charge in [-0.15, -0.1) is 0 Å². The Morgan fingerprint density at radius 1 is 1.20 bits per heavy atom. The number of ether oxygens (including phenoxy) is 2. The van der Waals surface area contributed by atoms with Crippen molar-refractivity contribution in [3.8, 4) is 0 Å². The van der Waals surface area contributed by atoms with Crippen molar-refractivity contribution in [2.24, 2.45) is 0 Å². The van der Waals surface area contributed by atoms with Crippen LogP contribution in [0.4, 0.5) is 0 Å². The minimum absolute atomic E-state index is 0.110. The van der Waals surface area contributed by atoms with Gasteiger partial charge in [0.1, 0.15) is 12.4 Å². The molecule has 0 spiro atoms. The van der Waals surface area contributed by atoms with E-state index in [1.807, 2.05) is 24.3 Å². The third-order valence-electron chi connectivity index (χ3n) is 3.05. The zero-order valence-electron chi connectivity index (χ0n) is 11.5. The monoisotopic (exact) mass is 295 g/mol. The Bertz CT molecular complexity index is 484. The molecule has 5 heteroatoms. The molecule has 1 aromatic rings. The number of carbonyl (C=O) groups excluding carboxylic acids is 1. The Morgan fingerprint density at radius 2 is 1.95 bits per heavy atom. The summed E-state index contributed by atoms with van der Waals surface area (Å²) in [5.41, 5.74) is 1.04. The molecule has 108 valence electrons. The van der Waals surface area contributed by atoms with E-state index in [1.54, 1.807) is 18.2 Å². The largest absolute Gasteiger partial charge is 0.494 e. The van der Waals surface area contributed by atoms with Gasteiger partial charge in [0.25, 0.3) is 0 Å². The molecule has 0 fully saturated rings. The zero-order valence-corrected chi connectivity index (χ0v) is 12.2. The number of hydrogen-bond donors (Lipinski definition) is 0. The summed E-state index contributed by atoms with van der Waals surface area (Å²) in [7, 11) is 1.63. The predicted molar refractivity (Wildman–Crippen MR) is 77.1 cm³/mol. The van der Waals surface area contributed by atoms with Crippen LogP contribution in [0.1, 0.15) is 18.4 Å². The lowest BCUT2D eigenvalue weighted by Gasteiger charge is -2.25. The Kier molecular flexibility index (Phi) is 5.44. The second kappa shape index (κ2) is 7.31. The van der Waals surface area contributed by atoms with Crippen molar-refractivity contribution in [2.45, 2.75) is 19.4 Å². The van der Waals surface area contributed by atoms with E-state index in [0.717, 1.165) is 11.3 Å². The third-order valence-corrected chi connectivity index (χ3v) is 3.30. The number of benzene rings is 1. The molecule has 20 heavy (non-hydrogen) atoms. The minimum atomic E-state index is 0.110. The summed E-state index contributed by atoms with van der Waals surface area (Å²) in [6.07, 6.45) is 2.92. The normalized spacial score (nSPS) is 15.2. The number of amides is 1. The van der Waals surface area contributed by atoms with Gasteiger partial charge in [0, 0.05) is 31.2 Å². The van der Waals surface area contributed by atoms with Crippen LogP contribution in [0, 0.1) is 0 Å². The van der Waals surface area contributed by atoms with Crippen LogP contribution in [-0.4, -0.2) is 31.1 Å². The van der Waals surface area contributed by atoms with Gasteiger partial charge in [0.15, 0.2) is 0 Å². The fourth-order valence-electron chi connectivity index (χ4n) is 1.97. The van der Waals surface area contributed by atoms with Gasteiger partial charge >= 0.3 is 0 Å². The summed E-state index contributed by atoms with van der Waals surface area (Å²) in [4.78, 5) is 13.6. The Labute approximate surface area is 123 Å². The molecule has 0 atom stereocenters. The standard InChI is InChI=1S/C15H18ClNO3/c1-19-8-9-20-14-6-7-15(18)17(11-14)10-12-2-4-13(16)5-3-12/h2-5,11H,6-10H2,1H3. The fourth-order valence-corrected chi connectivity index (χ4v) is 2.10. The number of carbonyl (C=O) groups is 1. The van der Waals surface area contributed by atoms with Gasteiger partial charge in [0.05, 0.1) is 13.2 Å². The van der Waals surface area contributed by atoms with E-state index < -0.39 is 0 Å². The molecule has 0 saturated carbocycles. The van der Waals surface area contributed by atoms with Crippen LogP contribution in [0.25, 0.3) is 0 Å². The van der Waals surface area contributed by atoms with Gasteiger partial charge in [0.2, 0.25) is 5.91 Å². The maximum atomic E-state index is 11.9. The summed E-state index contributed by atoms with van der Waals surface area (Å²) in [6, 6.07) is 7.49. The maximum Gasteiger partial charge on any atom is 0.227 e. The molecule has 2 rings (SSSR count). The molecular weight excluding hydrogens is 278 g/mol. The van der Waals surface area contributed by atoms with E-state index in [0.29, 0.717) is 37.6 Å². The van der Waals surface area contributed by atoms with Crippen molar-refractivity contribution in [3.63, 3.8) is 0 Å². The van der Waals surface area contributed by atoms with E-state index in [4.69, 9.17) is 21.1 Å². The zero-order chi connectivity index (χ0) is 14.4. The number of rotatable bonds is 6. The topological polar surface area (TPSA) is 38.8 Å². The van der Waals surface area contributed by atoms with Crippen molar-refractivity contribution in [1.82, 2.24) is 4.90 Å². The lowest BCUT2D eigenvalue weighted by Crippen LogP contribution is -2.29. The van der Waals surface area contributed by atoms with Gasteiger partial charge in [-0.1, -0.05) is 23.7 Å². The number of allylic oxidation sites excluding steroid dienone is 1. The van der Waals surface area contributed by atoms with Crippen LogP contribution in [0.15, 0.2) is 36.2 Å². The van der Waals surface area contributed by atoms with E-state index in [-0.39, 0.29) is 5.91 Å². The summed E-state index contributed by atoms with van der Waals surface area (Å²) < 4.78 is 10.5. The summed E-state index contributed by atoms with van der Waals surface area (Å²) in [6.45, 7) is 1.58. The van der Waals surface area contributed by atoms with Crippen LogP contribution in [0.2, 0.25) is 5.02 Å². The fraction of sp³-hybridized carbons (Fsp3) is 0.400. The molecule has 0 N–H and O–H groups in total. The summed E-state index contributed by atoms with van der Waals surface area (Å²) in [5.74, 6) is 0.939. The smallest absolute Gasteiger partial charge is 0.227 e. The van der Waals surface area contributed by atoms with Gasteiger partial charge in [-0.05, 0) is 17.7 Å². The highest BCUT2D eigenvalue weighted by Gasteiger charge is 2.19. The molecule has 1 aliphatic heterocycles. The highest BCUT2D eigenvalue weighted by atomic mass is 35.5. The molecule has 1 amide bonds. The van der Waals surface area contributed by atoms with Gasteiger partial charge in [-0.2, -0.15) is 0 Å². The molecule has 4 nitrogen and oxygen atoms in total. The molecule has 1 heterocycles. The molecule has 0 radical (unpaired) electrons. The first kappa shape index (κ1) is 14.9. The van der Waals surface area contributed by atoms with Gasteiger partial charge in [-0.3, -0.25) is 4.79 Å². The highest BCUT2D eigenvalue weighted by molar-refractivity contribution is 6.30. The van der Waals surface area contributed by atoms with Gasteiger partial charge < -0.3 is 14.4 Å². The van der Waals surface area contributed by atoms with Crippen LogP contribution in [-0.2, 0) is 20.8 Å². The van der Waals surface area contributed by atoms with E-state index in [2.05, 4.69) is 0 Å². The SMILES string of the molecule is COCCOC1=CN(Cc2ccc(Cl)cc2)C(=O)CC1.